The van der Waals surface area contributed by atoms with E-state index < -0.39 is 0 Å². The average Bonchev–Trinajstić information content (AvgIpc) is 3.03. The van der Waals surface area contributed by atoms with Gasteiger partial charge in [-0.25, -0.2) is 4.98 Å². The third-order valence-corrected chi connectivity index (χ3v) is 4.23. The van der Waals surface area contributed by atoms with Gasteiger partial charge in [0.25, 0.3) is 0 Å². The van der Waals surface area contributed by atoms with Crippen molar-refractivity contribution in [3.8, 4) is 0 Å². The van der Waals surface area contributed by atoms with Crippen LogP contribution < -0.4 is 0 Å². The molecule has 1 fully saturated rings. The second kappa shape index (κ2) is 5.59. The quantitative estimate of drug-likeness (QED) is 0.845. The van der Waals surface area contributed by atoms with Crippen LogP contribution in [0, 0.1) is 5.92 Å². The zero-order valence-electron chi connectivity index (χ0n) is 10.3. The lowest BCUT2D eigenvalue weighted by Crippen LogP contribution is -2.21. The van der Waals surface area contributed by atoms with Gasteiger partial charge >= 0.3 is 0 Å². The van der Waals surface area contributed by atoms with Crippen LogP contribution in [0.25, 0.3) is 0 Å². The van der Waals surface area contributed by atoms with Crippen molar-refractivity contribution in [2.45, 2.75) is 19.4 Å². The van der Waals surface area contributed by atoms with Gasteiger partial charge < -0.3 is 0 Å². The Bertz CT molecular complexity index is 469. The van der Waals surface area contributed by atoms with Crippen molar-refractivity contribution >= 4 is 11.3 Å². The summed E-state index contributed by atoms with van der Waals surface area (Å²) in [5.41, 5.74) is 1.17. The molecule has 2 aromatic rings. The molecule has 0 radical (unpaired) electrons. The first kappa shape index (κ1) is 11.8. The van der Waals surface area contributed by atoms with Gasteiger partial charge in [-0.1, -0.05) is 6.07 Å². The average molecular weight is 259 g/mol. The Balaban J connectivity index is 1.52. The number of aromatic nitrogens is 2. The maximum atomic E-state index is 4.39. The fourth-order valence-corrected chi connectivity index (χ4v) is 3.28. The molecule has 0 unspecified atom stereocenters. The second-order valence-corrected chi connectivity index (χ2v) is 5.82. The molecule has 1 aliphatic rings. The van der Waals surface area contributed by atoms with Crippen molar-refractivity contribution in [1.82, 2.24) is 14.9 Å². The molecular weight excluding hydrogens is 242 g/mol. The molecule has 0 N–H and O–H groups in total. The molecule has 0 saturated carbocycles. The fourth-order valence-electron chi connectivity index (χ4n) is 2.54. The smallest absolute Gasteiger partial charge is 0.0928 e. The third kappa shape index (κ3) is 2.94. The summed E-state index contributed by atoms with van der Waals surface area (Å²) < 4.78 is 0. The normalized spacial score (nSPS) is 20.3. The molecule has 1 aliphatic heterocycles. The highest BCUT2D eigenvalue weighted by molar-refractivity contribution is 7.09. The number of hydrogen-bond donors (Lipinski definition) is 0. The second-order valence-electron chi connectivity index (χ2n) is 4.84. The van der Waals surface area contributed by atoms with Crippen LogP contribution in [0.5, 0.6) is 0 Å². The summed E-state index contributed by atoms with van der Waals surface area (Å²) in [7, 11) is 0. The van der Waals surface area contributed by atoms with Crippen molar-refractivity contribution in [1.29, 1.82) is 0 Å². The van der Waals surface area contributed by atoms with Gasteiger partial charge in [-0.2, -0.15) is 0 Å². The third-order valence-electron chi connectivity index (χ3n) is 3.43. The van der Waals surface area contributed by atoms with Crippen LogP contribution in [0.1, 0.15) is 17.1 Å². The summed E-state index contributed by atoms with van der Waals surface area (Å²) in [4.78, 5) is 11.3. The Hall–Kier alpha value is -1.26. The van der Waals surface area contributed by atoms with Crippen molar-refractivity contribution < 1.29 is 0 Å². The minimum absolute atomic E-state index is 0.764. The summed E-state index contributed by atoms with van der Waals surface area (Å²) in [6.45, 7) is 3.35. The molecule has 94 valence electrons. The van der Waals surface area contributed by atoms with E-state index in [1.54, 1.807) is 11.3 Å². The van der Waals surface area contributed by atoms with Crippen LogP contribution in [-0.4, -0.2) is 28.0 Å². The molecule has 0 aromatic carbocycles. The van der Waals surface area contributed by atoms with Gasteiger partial charge in [0.1, 0.15) is 0 Å². The summed E-state index contributed by atoms with van der Waals surface area (Å²) in [6.07, 6.45) is 6.20. The van der Waals surface area contributed by atoms with E-state index in [2.05, 4.69) is 32.4 Å². The molecule has 0 bridgehead atoms. The molecule has 4 heteroatoms. The molecule has 3 rings (SSSR count). The van der Waals surface area contributed by atoms with Crippen LogP contribution in [-0.2, 0) is 13.0 Å². The summed E-state index contributed by atoms with van der Waals surface area (Å²) >= 11 is 1.77. The zero-order valence-corrected chi connectivity index (χ0v) is 11.1. The monoisotopic (exact) mass is 259 g/mol. The lowest BCUT2D eigenvalue weighted by molar-refractivity contribution is 0.312. The first-order valence-electron chi connectivity index (χ1n) is 6.41. The largest absolute Gasteiger partial charge is 0.297 e. The summed E-state index contributed by atoms with van der Waals surface area (Å²) in [6, 6.07) is 6.14. The zero-order chi connectivity index (χ0) is 12.2. The SMILES string of the molecule is c1ccc(CN2CC[C@@H](Cc3nccs3)C2)nc1. The van der Waals surface area contributed by atoms with E-state index in [-0.39, 0.29) is 0 Å². The van der Waals surface area contributed by atoms with Crippen LogP contribution in [0.15, 0.2) is 36.0 Å². The van der Waals surface area contributed by atoms with E-state index in [4.69, 9.17) is 0 Å². The summed E-state index contributed by atoms with van der Waals surface area (Å²) in [5, 5.41) is 3.34. The van der Waals surface area contributed by atoms with Crippen molar-refractivity contribution in [3.05, 3.63) is 46.7 Å². The predicted molar refractivity (Wildman–Crippen MR) is 73.4 cm³/mol. The van der Waals surface area contributed by atoms with E-state index in [0.29, 0.717) is 0 Å². The predicted octanol–water partition coefficient (Wildman–Crippen LogP) is 2.60. The van der Waals surface area contributed by atoms with E-state index in [9.17, 15) is 0 Å². The maximum Gasteiger partial charge on any atom is 0.0928 e. The Labute approximate surface area is 112 Å². The van der Waals surface area contributed by atoms with Crippen molar-refractivity contribution in [2.24, 2.45) is 5.92 Å². The first-order valence-corrected chi connectivity index (χ1v) is 7.29. The Morgan fingerprint density at radius 2 is 2.28 bits per heavy atom. The van der Waals surface area contributed by atoms with Gasteiger partial charge in [0, 0.05) is 37.3 Å². The highest BCUT2D eigenvalue weighted by atomic mass is 32.1. The van der Waals surface area contributed by atoms with Gasteiger partial charge in [0.05, 0.1) is 10.7 Å². The minimum atomic E-state index is 0.764. The van der Waals surface area contributed by atoms with Gasteiger partial charge in [-0.3, -0.25) is 9.88 Å². The number of pyridine rings is 1. The highest BCUT2D eigenvalue weighted by Gasteiger charge is 2.23. The van der Waals surface area contributed by atoms with E-state index in [1.165, 1.54) is 30.2 Å². The van der Waals surface area contributed by atoms with Gasteiger partial charge in [-0.05, 0) is 31.0 Å². The van der Waals surface area contributed by atoms with E-state index in [0.717, 1.165) is 18.9 Å². The molecule has 1 saturated heterocycles. The van der Waals surface area contributed by atoms with Crippen molar-refractivity contribution in [3.63, 3.8) is 0 Å². The van der Waals surface area contributed by atoms with Gasteiger partial charge in [0.15, 0.2) is 0 Å². The molecule has 18 heavy (non-hydrogen) atoms. The molecule has 0 aliphatic carbocycles. The Morgan fingerprint density at radius 1 is 1.28 bits per heavy atom. The number of likely N-dealkylation sites (tertiary alicyclic amines) is 1. The molecule has 0 spiro atoms. The van der Waals surface area contributed by atoms with Gasteiger partial charge in [-0.15, -0.1) is 11.3 Å². The lowest BCUT2D eigenvalue weighted by Gasteiger charge is -2.14. The number of nitrogens with zero attached hydrogens (tertiary/aromatic N) is 3. The number of rotatable bonds is 4. The van der Waals surface area contributed by atoms with E-state index >= 15 is 0 Å². The lowest BCUT2D eigenvalue weighted by atomic mass is 10.1. The number of hydrogen-bond acceptors (Lipinski definition) is 4. The molecule has 3 heterocycles. The van der Waals surface area contributed by atoms with Crippen LogP contribution in [0.4, 0.5) is 0 Å². The first-order chi connectivity index (χ1) is 8.90. The Kier molecular flexibility index (Phi) is 3.67. The molecular formula is C14H17N3S. The molecule has 2 aromatic heterocycles. The van der Waals surface area contributed by atoms with Crippen LogP contribution in [0.3, 0.4) is 0 Å². The summed E-state index contributed by atoms with van der Waals surface area (Å²) in [5.74, 6) is 0.764. The van der Waals surface area contributed by atoms with Crippen molar-refractivity contribution in [2.75, 3.05) is 13.1 Å². The maximum absolute atomic E-state index is 4.39. The fraction of sp³-hybridized carbons (Fsp3) is 0.429. The van der Waals surface area contributed by atoms with Gasteiger partial charge in [0.2, 0.25) is 0 Å². The molecule has 3 nitrogen and oxygen atoms in total. The minimum Gasteiger partial charge on any atom is -0.297 e. The van der Waals surface area contributed by atoms with E-state index in [1.807, 2.05) is 18.5 Å². The molecule has 1 atom stereocenters. The Morgan fingerprint density at radius 3 is 3.06 bits per heavy atom. The highest BCUT2D eigenvalue weighted by Crippen LogP contribution is 2.22. The van der Waals surface area contributed by atoms with Crippen LogP contribution in [0.2, 0.25) is 0 Å². The van der Waals surface area contributed by atoms with Crippen LogP contribution >= 0.6 is 11.3 Å². The topological polar surface area (TPSA) is 29.0 Å². The molecule has 0 amide bonds. The number of thiazole rings is 1. The standard InChI is InChI=1S/C14H17N3S/c1-2-5-15-13(3-1)11-17-7-4-12(10-17)9-14-16-6-8-18-14/h1-3,5-6,8,12H,4,7,9-11H2/t12-/m0/s1.